The number of methoxy groups -OCH3 is 1. The number of anilines is 3. The van der Waals surface area contributed by atoms with Crippen molar-refractivity contribution in [2.75, 3.05) is 50.2 Å². The molecule has 3 heterocycles. The van der Waals surface area contributed by atoms with Gasteiger partial charge in [-0.25, -0.2) is 18.7 Å². The summed E-state index contributed by atoms with van der Waals surface area (Å²) < 4.78 is 39.2. The number of hydrogen-bond donors (Lipinski definition) is 4. The number of nitrogen functional groups attached to an aromatic ring is 1. The smallest absolute Gasteiger partial charge is 0.264 e. The van der Waals surface area contributed by atoms with E-state index in [-0.39, 0.29) is 46.5 Å². The van der Waals surface area contributed by atoms with Gasteiger partial charge in [-0.1, -0.05) is 18.9 Å². The molecule has 5 N–H and O–H groups in total. The predicted molar refractivity (Wildman–Crippen MR) is 228 cm³/mol. The lowest BCUT2D eigenvalue weighted by atomic mass is 10.0. The molecule has 62 heavy (non-hydrogen) atoms. The zero-order chi connectivity index (χ0) is 44.3. The SMILES string of the molecule is COc1cc2nc(C)nc(N[C@H](C)c3cc(N)cc(C(F)F)c3)c2cc1OCC1(CN(C)C(=O)CCCCCCNc2cccc3c2C(=O)N(C2CCC(=O)NC2=O)C3=O)CC1. The molecule has 15 nitrogen and oxygen atoms in total. The van der Waals surface area contributed by atoms with E-state index in [9.17, 15) is 32.8 Å². The zero-order valence-corrected chi connectivity index (χ0v) is 35.3. The lowest BCUT2D eigenvalue weighted by molar-refractivity contribution is -0.136. The van der Waals surface area contributed by atoms with Gasteiger partial charge in [-0.3, -0.25) is 34.2 Å². The van der Waals surface area contributed by atoms with Crippen molar-refractivity contribution < 1.29 is 42.2 Å². The van der Waals surface area contributed by atoms with Crippen LogP contribution in [0.3, 0.4) is 0 Å². The van der Waals surface area contributed by atoms with Gasteiger partial charge in [0.05, 0.1) is 36.4 Å². The number of carbonyl (C=O) groups excluding carboxylic acids is 5. The van der Waals surface area contributed by atoms with E-state index in [1.54, 1.807) is 49.3 Å². The Bertz CT molecular complexity index is 2410. The van der Waals surface area contributed by atoms with Gasteiger partial charge in [0.1, 0.15) is 17.7 Å². The molecular formula is C45H52F2N8O7. The van der Waals surface area contributed by atoms with Crippen molar-refractivity contribution in [1.82, 2.24) is 25.1 Å². The highest BCUT2D eigenvalue weighted by Gasteiger charge is 2.46. The molecule has 1 aliphatic carbocycles. The number of benzene rings is 3. The van der Waals surface area contributed by atoms with Gasteiger partial charge < -0.3 is 30.7 Å². The Labute approximate surface area is 358 Å². The Morgan fingerprint density at radius 2 is 1.77 bits per heavy atom. The quantitative estimate of drug-likeness (QED) is 0.0442. The summed E-state index contributed by atoms with van der Waals surface area (Å²) in [7, 11) is 3.37. The van der Waals surface area contributed by atoms with Gasteiger partial charge in [-0.2, -0.15) is 0 Å². The van der Waals surface area contributed by atoms with Crippen molar-refractivity contribution in [1.29, 1.82) is 0 Å². The van der Waals surface area contributed by atoms with Gasteiger partial charge in [-0.15, -0.1) is 0 Å². The molecule has 4 aromatic rings. The van der Waals surface area contributed by atoms with E-state index in [2.05, 4.69) is 25.9 Å². The van der Waals surface area contributed by atoms with Crippen molar-refractivity contribution in [2.24, 2.45) is 5.41 Å². The Morgan fingerprint density at radius 1 is 1.02 bits per heavy atom. The number of aromatic nitrogens is 2. The highest BCUT2D eigenvalue weighted by molar-refractivity contribution is 6.25. The lowest BCUT2D eigenvalue weighted by Crippen LogP contribution is -2.54. The van der Waals surface area contributed by atoms with Crippen molar-refractivity contribution in [3.8, 4) is 11.5 Å². The molecule has 7 rings (SSSR count). The lowest BCUT2D eigenvalue weighted by Gasteiger charge is -2.27. The summed E-state index contributed by atoms with van der Waals surface area (Å²) in [6, 6.07) is 11.5. The molecular weight excluding hydrogens is 803 g/mol. The van der Waals surface area contributed by atoms with Crippen LogP contribution in [0.2, 0.25) is 0 Å². The zero-order valence-electron chi connectivity index (χ0n) is 35.3. The van der Waals surface area contributed by atoms with Gasteiger partial charge in [0.15, 0.2) is 11.5 Å². The Kier molecular flexibility index (Phi) is 12.9. The van der Waals surface area contributed by atoms with Gasteiger partial charge in [0.2, 0.25) is 17.7 Å². The van der Waals surface area contributed by atoms with Crippen LogP contribution in [0, 0.1) is 12.3 Å². The van der Waals surface area contributed by atoms with Crippen LogP contribution in [-0.2, 0) is 14.4 Å². The van der Waals surface area contributed by atoms with Gasteiger partial charge in [-0.05, 0) is 87.9 Å². The number of nitrogens with one attached hydrogen (secondary N) is 3. The van der Waals surface area contributed by atoms with E-state index in [0.717, 1.165) is 43.4 Å². The van der Waals surface area contributed by atoms with Crippen LogP contribution < -0.4 is 31.2 Å². The molecule has 1 unspecified atom stereocenters. The topological polar surface area (TPSA) is 198 Å². The molecule has 0 radical (unpaired) electrons. The third kappa shape index (κ3) is 9.56. The molecule has 3 aromatic carbocycles. The fourth-order valence-corrected chi connectivity index (χ4v) is 8.18. The van der Waals surface area contributed by atoms with Crippen molar-refractivity contribution in [2.45, 2.75) is 90.1 Å². The number of ether oxygens (including phenoxy) is 2. The van der Waals surface area contributed by atoms with Crippen LogP contribution >= 0.6 is 0 Å². The number of nitrogens with two attached hydrogens (primary N) is 1. The normalized spacial score (nSPS) is 17.2. The second-order valence-electron chi connectivity index (χ2n) is 16.5. The van der Waals surface area contributed by atoms with E-state index >= 15 is 0 Å². The number of rotatable bonds is 19. The minimum atomic E-state index is -2.66. The summed E-state index contributed by atoms with van der Waals surface area (Å²) in [5.41, 5.74) is 8.02. The van der Waals surface area contributed by atoms with Crippen LogP contribution in [-0.4, -0.2) is 89.2 Å². The standard InChI is InChI=1S/C45H52F2N8O7/c1-25(27-18-28(40(46)47)20-29(48)19-27)50-41-31-21-36(35(61-4)22-33(31)51-26(2)52-41)62-24-45(15-16-45)23-54(3)38(57)12-7-5-6-8-17-49-32-11-9-10-30-39(32)44(60)55(43(30)59)34-13-14-37(56)53-42(34)58/h9-11,18-22,25,34,40,49H,5-8,12-17,23-24,48H2,1-4H3,(H,50,51,52)(H,53,56,58)/t25-,34?/m1/s1. The summed E-state index contributed by atoms with van der Waals surface area (Å²) in [5.74, 6) is -0.109. The highest BCUT2D eigenvalue weighted by Crippen LogP contribution is 2.47. The van der Waals surface area contributed by atoms with E-state index in [1.807, 2.05) is 20.0 Å². The number of carbonyl (C=O) groups is 5. The van der Waals surface area contributed by atoms with Gasteiger partial charge in [0, 0.05) is 66.8 Å². The summed E-state index contributed by atoms with van der Waals surface area (Å²) in [6.45, 7) is 5.07. The largest absolute Gasteiger partial charge is 0.493 e. The molecule has 2 aliphatic heterocycles. The van der Waals surface area contributed by atoms with E-state index in [1.165, 1.54) is 12.1 Å². The highest BCUT2D eigenvalue weighted by atomic mass is 19.3. The average Bonchev–Trinajstić information content (AvgIpc) is 3.95. The number of aryl methyl sites for hydroxylation is 1. The molecule has 328 valence electrons. The maximum Gasteiger partial charge on any atom is 0.264 e. The first kappa shape index (κ1) is 43.7. The van der Waals surface area contributed by atoms with Crippen LogP contribution in [0.25, 0.3) is 10.9 Å². The average molecular weight is 855 g/mol. The molecule has 1 saturated carbocycles. The van der Waals surface area contributed by atoms with Crippen molar-refractivity contribution in [3.63, 3.8) is 0 Å². The number of hydrogen-bond acceptors (Lipinski definition) is 12. The number of piperidine rings is 1. The molecule has 3 aliphatic rings. The Balaban J connectivity index is 0.878. The third-order valence-corrected chi connectivity index (χ3v) is 11.8. The number of unbranched alkanes of at least 4 members (excludes halogenated alkanes) is 3. The second-order valence-corrected chi connectivity index (χ2v) is 16.5. The maximum absolute atomic E-state index is 13.5. The van der Waals surface area contributed by atoms with Crippen LogP contribution in [0.5, 0.6) is 11.5 Å². The third-order valence-electron chi connectivity index (χ3n) is 11.8. The fourth-order valence-electron chi connectivity index (χ4n) is 8.18. The van der Waals surface area contributed by atoms with Crippen molar-refractivity contribution >= 4 is 57.6 Å². The summed E-state index contributed by atoms with van der Waals surface area (Å²) >= 11 is 0. The molecule has 5 amide bonds. The minimum Gasteiger partial charge on any atom is -0.493 e. The first-order valence-corrected chi connectivity index (χ1v) is 20.9. The van der Waals surface area contributed by atoms with Gasteiger partial charge >= 0.3 is 0 Å². The monoisotopic (exact) mass is 854 g/mol. The van der Waals surface area contributed by atoms with E-state index < -0.39 is 42.1 Å². The molecule has 1 saturated heterocycles. The van der Waals surface area contributed by atoms with Crippen LogP contribution in [0.4, 0.5) is 26.0 Å². The second kappa shape index (κ2) is 18.3. The van der Waals surface area contributed by atoms with E-state index in [4.69, 9.17) is 15.2 Å². The number of fused-ring (bicyclic) bond motifs is 2. The van der Waals surface area contributed by atoms with E-state index in [0.29, 0.717) is 71.4 Å². The number of nitrogens with zero attached hydrogens (tertiary/aromatic N) is 4. The molecule has 2 fully saturated rings. The van der Waals surface area contributed by atoms with Crippen molar-refractivity contribution in [3.05, 3.63) is 76.6 Å². The molecule has 1 aromatic heterocycles. The predicted octanol–water partition coefficient (Wildman–Crippen LogP) is 6.72. The van der Waals surface area contributed by atoms with Crippen LogP contribution in [0.1, 0.15) is 115 Å². The Morgan fingerprint density at radius 3 is 2.50 bits per heavy atom. The minimum absolute atomic E-state index is 0.0551. The number of alkyl halides is 2. The maximum atomic E-state index is 13.5. The molecule has 0 bridgehead atoms. The molecule has 2 atom stereocenters. The number of halogens is 2. The molecule has 17 heteroatoms. The number of amides is 5. The first-order valence-electron chi connectivity index (χ1n) is 20.9. The summed E-state index contributed by atoms with van der Waals surface area (Å²) in [5, 5.41) is 9.50. The number of imide groups is 2. The molecule has 0 spiro atoms. The first-order chi connectivity index (χ1) is 29.7. The Hall–Kier alpha value is -6.39. The van der Waals surface area contributed by atoms with Crippen LogP contribution in [0.15, 0.2) is 48.5 Å². The van der Waals surface area contributed by atoms with Gasteiger partial charge in [0.25, 0.3) is 18.2 Å². The summed E-state index contributed by atoms with van der Waals surface area (Å²) in [4.78, 5) is 75.7. The fraction of sp³-hybridized carbons (Fsp3) is 0.444. The summed E-state index contributed by atoms with van der Waals surface area (Å²) in [6.07, 6.45) is 2.88.